The molecule has 2 unspecified atom stereocenters. The second kappa shape index (κ2) is 9.86. The number of carbonyl (C=O) groups excluding carboxylic acids is 1. The monoisotopic (exact) mass is 478 g/mol. The molecule has 1 amide bonds. The number of benzene rings is 3. The summed E-state index contributed by atoms with van der Waals surface area (Å²) in [6.45, 7) is 3.28. The van der Waals surface area contributed by atoms with Gasteiger partial charge in [-0.2, -0.15) is 0 Å². The van der Waals surface area contributed by atoms with Crippen LogP contribution in [0.1, 0.15) is 86.2 Å². The zero-order valence-electron chi connectivity index (χ0n) is 21.4. The van der Waals surface area contributed by atoms with E-state index in [0.717, 1.165) is 29.9 Å². The summed E-state index contributed by atoms with van der Waals surface area (Å²) in [7, 11) is 0. The van der Waals surface area contributed by atoms with Crippen LogP contribution >= 0.6 is 0 Å². The summed E-state index contributed by atoms with van der Waals surface area (Å²) in [5.74, 6) is 0.894. The minimum Gasteiger partial charge on any atom is -0.352 e. The maximum atomic E-state index is 13.8. The van der Waals surface area contributed by atoms with Crippen molar-refractivity contribution >= 4 is 5.91 Å². The number of fused-ring (bicyclic) bond motifs is 5. The second-order valence-corrected chi connectivity index (χ2v) is 11.3. The van der Waals surface area contributed by atoms with Gasteiger partial charge in [0, 0.05) is 18.1 Å². The minimum absolute atomic E-state index is 0.120. The zero-order valence-corrected chi connectivity index (χ0v) is 21.4. The molecule has 2 bridgehead atoms. The molecule has 1 N–H and O–H groups in total. The molecule has 0 spiro atoms. The summed E-state index contributed by atoms with van der Waals surface area (Å²) >= 11 is 0. The van der Waals surface area contributed by atoms with E-state index < -0.39 is 5.41 Å². The largest absolute Gasteiger partial charge is 0.352 e. The van der Waals surface area contributed by atoms with E-state index in [1.165, 1.54) is 38.6 Å². The molecule has 36 heavy (non-hydrogen) atoms. The highest BCUT2D eigenvalue weighted by atomic mass is 16.2. The van der Waals surface area contributed by atoms with Crippen LogP contribution in [-0.4, -0.2) is 23.4 Å². The fourth-order valence-electron chi connectivity index (χ4n) is 7.19. The maximum Gasteiger partial charge on any atom is 0.235 e. The maximum absolute atomic E-state index is 13.8. The van der Waals surface area contributed by atoms with Crippen LogP contribution in [0, 0.1) is 5.92 Å². The molecule has 2 heterocycles. The van der Waals surface area contributed by atoms with Crippen LogP contribution < -0.4 is 5.32 Å². The molecule has 1 saturated carbocycles. The highest BCUT2D eigenvalue weighted by Gasteiger charge is 2.43. The first-order valence-electron chi connectivity index (χ1n) is 13.9. The highest BCUT2D eigenvalue weighted by Crippen LogP contribution is 2.53. The van der Waals surface area contributed by atoms with Gasteiger partial charge in [0.1, 0.15) is 0 Å². The van der Waals surface area contributed by atoms with Crippen molar-refractivity contribution in [2.75, 3.05) is 6.54 Å². The average Bonchev–Trinajstić information content (AvgIpc) is 3.49. The Morgan fingerprint density at radius 1 is 0.750 bits per heavy atom. The zero-order chi connectivity index (χ0) is 24.5. The second-order valence-electron chi connectivity index (χ2n) is 11.3. The summed E-state index contributed by atoms with van der Waals surface area (Å²) in [6, 6.07) is 31.1. The average molecular weight is 479 g/mol. The minimum atomic E-state index is -0.691. The van der Waals surface area contributed by atoms with Crippen LogP contribution in [0.25, 0.3) is 0 Å². The van der Waals surface area contributed by atoms with Crippen molar-refractivity contribution in [1.82, 2.24) is 10.2 Å². The molecule has 1 saturated heterocycles. The molecule has 1 aliphatic carbocycles. The fourth-order valence-corrected chi connectivity index (χ4v) is 7.19. The third-order valence-electron chi connectivity index (χ3n) is 9.36. The van der Waals surface area contributed by atoms with Gasteiger partial charge in [-0.3, -0.25) is 9.69 Å². The van der Waals surface area contributed by atoms with E-state index in [0.29, 0.717) is 12.1 Å². The van der Waals surface area contributed by atoms with Gasteiger partial charge >= 0.3 is 0 Å². The number of nitrogens with one attached hydrogen (secondary N) is 1. The van der Waals surface area contributed by atoms with Gasteiger partial charge in [-0.25, -0.2) is 0 Å². The third-order valence-corrected chi connectivity index (χ3v) is 9.36. The van der Waals surface area contributed by atoms with Gasteiger partial charge < -0.3 is 5.32 Å². The smallest absolute Gasteiger partial charge is 0.235 e. The van der Waals surface area contributed by atoms with Gasteiger partial charge in [-0.15, -0.1) is 0 Å². The fraction of sp³-hybridized carbons (Fsp3) is 0.424. The van der Waals surface area contributed by atoms with Crippen molar-refractivity contribution in [1.29, 1.82) is 0 Å². The molecule has 3 heteroatoms. The van der Waals surface area contributed by atoms with Gasteiger partial charge in [0.15, 0.2) is 0 Å². The lowest BCUT2D eigenvalue weighted by Gasteiger charge is -2.35. The molecular formula is C33H38N2O. The summed E-state index contributed by atoms with van der Waals surface area (Å²) in [5.41, 5.74) is 4.57. The van der Waals surface area contributed by atoms with E-state index in [-0.39, 0.29) is 11.9 Å². The van der Waals surface area contributed by atoms with Crippen molar-refractivity contribution in [3.05, 3.63) is 107 Å². The molecule has 3 aromatic rings. The predicted octanol–water partition coefficient (Wildman–Crippen LogP) is 6.95. The molecular weight excluding hydrogens is 440 g/mol. The molecule has 3 nitrogen and oxygen atoms in total. The van der Waals surface area contributed by atoms with E-state index in [1.54, 1.807) is 11.1 Å². The van der Waals surface area contributed by atoms with E-state index >= 15 is 0 Å². The predicted molar refractivity (Wildman–Crippen MR) is 146 cm³/mol. The summed E-state index contributed by atoms with van der Waals surface area (Å²) in [6.07, 6.45) is 8.53. The van der Waals surface area contributed by atoms with Crippen molar-refractivity contribution in [2.45, 2.75) is 75.4 Å². The Morgan fingerprint density at radius 2 is 1.25 bits per heavy atom. The first kappa shape index (κ1) is 23.5. The lowest BCUT2D eigenvalue weighted by Crippen LogP contribution is -2.48. The first-order valence-corrected chi connectivity index (χ1v) is 13.9. The Bertz CT molecular complexity index is 1110. The number of carbonyl (C=O) groups is 1. The first-order chi connectivity index (χ1) is 17.6. The van der Waals surface area contributed by atoms with Crippen LogP contribution in [0.3, 0.4) is 0 Å². The molecule has 3 aromatic carbocycles. The molecule has 2 fully saturated rings. The van der Waals surface area contributed by atoms with E-state index in [9.17, 15) is 4.79 Å². The van der Waals surface area contributed by atoms with Gasteiger partial charge in [-0.05, 0) is 86.6 Å². The van der Waals surface area contributed by atoms with Crippen LogP contribution in [0.4, 0.5) is 0 Å². The van der Waals surface area contributed by atoms with Crippen LogP contribution in [0.5, 0.6) is 0 Å². The van der Waals surface area contributed by atoms with E-state index in [2.05, 4.69) is 65.7 Å². The number of amides is 1. The number of hydrogen-bond donors (Lipinski definition) is 1. The van der Waals surface area contributed by atoms with Crippen LogP contribution in [0.2, 0.25) is 0 Å². The van der Waals surface area contributed by atoms with Gasteiger partial charge in [-0.1, -0.05) is 84.9 Å². The number of nitrogens with zero attached hydrogens (tertiary/aromatic N) is 1. The molecule has 3 aliphatic rings. The molecule has 2 aliphatic heterocycles. The normalized spacial score (nSPS) is 25.5. The van der Waals surface area contributed by atoms with Crippen molar-refractivity contribution < 1.29 is 4.79 Å². The Balaban J connectivity index is 1.06. The standard InChI is InChI=1S/C33H38N2O/c1-33(25-10-4-2-5-11-25,26-12-6-3-7-13-26)32(36)34-27-18-16-24(17-19-27)22-23-35-30-20-21-31(35)29-15-9-8-14-28(29)30/h2-15,24,27,30-31H,16-23H2,1H3,(H,34,36). The Hall–Kier alpha value is -2.91. The lowest BCUT2D eigenvalue weighted by molar-refractivity contribution is -0.125. The lowest BCUT2D eigenvalue weighted by atomic mass is 9.75. The SMILES string of the molecule is CC(C(=O)NC1CCC(CCN2C3CCC2c2ccccc23)CC1)(c1ccccc1)c1ccccc1. The molecule has 0 aromatic heterocycles. The van der Waals surface area contributed by atoms with Gasteiger partial charge in [0.25, 0.3) is 0 Å². The Morgan fingerprint density at radius 3 is 1.78 bits per heavy atom. The Kier molecular flexibility index (Phi) is 6.43. The van der Waals surface area contributed by atoms with E-state index in [4.69, 9.17) is 0 Å². The molecule has 0 radical (unpaired) electrons. The summed E-state index contributed by atoms with van der Waals surface area (Å²) in [5, 5.41) is 3.46. The number of hydrogen-bond acceptors (Lipinski definition) is 2. The topological polar surface area (TPSA) is 32.3 Å². The summed E-state index contributed by atoms with van der Waals surface area (Å²) in [4.78, 5) is 16.6. The van der Waals surface area contributed by atoms with Crippen molar-refractivity contribution in [3.63, 3.8) is 0 Å². The molecule has 2 atom stereocenters. The summed E-state index contributed by atoms with van der Waals surface area (Å²) < 4.78 is 0. The number of rotatable bonds is 7. The molecule has 186 valence electrons. The highest BCUT2D eigenvalue weighted by molar-refractivity contribution is 5.91. The molecule has 6 rings (SSSR count). The van der Waals surface area contributed by atoms with Gasteiger partial charge in [0.2, 0.25) is 5.91 Å². The van der Waals surface area contributed by atoms with Crippen molar-refractivity contribution in [3.8, 4) is 0 Å². The Labute approximate surface area is 215 Å². The quantitative estimate of drug-likeness (QED) is 0.398. The van der Waals surface area contributed by atoms with Gasteiger partial charge in [0.05, 0.1) is 5.41 Å². The van der Waals surface area contributed by atoms with E-state index in [1.807, 2.05) is 36.4 Å². The van der Waals surface area contributed by atoms with Crippen LogP contribution in [-0.2, 0) is 10.2 Å². The third kappa shape index (κ3) is 4.18. The van der Waals surface area contributed by atoms with Crippen molar-refractivity contribution in [2.24, 2.45) is 5.92 Å². The van der Waals surface area contributed by atoms with Crippen LogP contribution in [0.15, 0.2) is 84.9 Å².